The highest BCUT2D eigenvalue weighted by Gasteiger charge is 2.34. The molecule has 0 saturated carbocycles. The molecule has 0 bridgehead atoms. The van der Waals surface area contributed by atoms with E-state index in [2.05, 4.69) is 15.8 Å². The van der Waals surface area contributed by atoms with Gasteiger partial charge in [0.15, 0.2) is 0 Å². The van der Waals surface area contributed by atoms with Crippen LogP contribution >= 0.6 is 0 Å². The van der Waals surface area contributed by atoms with Gasteiger partial charge in [0.2, 0.25) is 5.76 Å². The standard InChI is InChI=1S/C19H19N3O6/c1-3-26-17(23)14-13(10-27-18(24)16-11(2)9-20-28-16)21-19(25)22-15(14)12-7-5-4-6-8-12/h4-9,15H,3,10H2,1-2H3,(H2,21,22,25)/t15-/m1/s1. The number of carbonyl (C=O) groups is 3. The average molecular weight is 385 g/mol. The van der Waals surface area contributed by atoms with Gasteiger partial charge in [-0.15, -0.1) is 0 Å². The number of nitrogens with zero attached hydrogens (tertiary/aromatic N) is 1. The minimum Gasteiger partial charge on any atom is -0.463 e. The minimum atomic E-state index is -0.755. The lowest BCUT2D eigenvalue weighted by atomic mass is 9.95. The Morgan fingerprint density at radius 1 is 1.18 bits per heavy atom. The summed E-state index contributed by atoms with van der Waals surface area (Å²) in [4.78, 5) is 36.9. The number of nitrogens with one attached hydrogen (secondary N) is 2. The summed E-state index contributed by atoms with van der Waals surface area (Å²) in [6, 6.07) is 7.69. The van der Waals surface area contributed by atoms with Gasteiger partial charge in [0, 0.05) is 5.56 Å². The Morgan fingerprint density at radius 2 is 1.93 bits per heavy atom. The van der Waals surface area contributed by atoms with Gasteiger partial charge in [-0.2, -0.15) is 0 Å². The fourth-order valence-electron chi connectivity index (χ4n) is 2.77. The summed E-state index contributed by atoms with van der Waals surface area (Å²) in [5.74, 6) is -1.42. The summed E-state index contributed by atoms with van der Waals surface area (Å²) >= 11 is 0. The molecule has 0 radical (unpaired) electrons. The van der Waals surface area contributed by atoms with Gasteiger partial charge in [-0.25, -0.2) is 14.4 Å². The Balaban J connectivity index is 1.92. The Bertz CT molecular complexity index is 919. The van der Waals surface area contributed by atoms with Gasteiger partial charge in [0.25, 0.3) is 0 Å². The smallest absolute Gasteiger partial charge is 0.377 e. The third-order valence-electron chi connectivity index (χ3n) is 4.06. The molecule has 1 aromatic heterocycles. The van der Waals surface area contributed by atoms with Crippen LogP contribution < -0.4 is 10.6 Å². The highest BCUT2D eigenvalue weighted by molar-refractivity contribution is 5.95. The van der Waals surface area contributed by atoms with Crippen LogP contribution in [0.4, 0.5) is 4.79 Å². The van der Waals surface area contributed by atoms with Gasteiger partial charge in [-0.3, -0.25) is 0 Å². The maximum absolute atomic E-state index is 12.6. The first-order chi connectivity index (χ1) is 13.5. The molecule has 9 nitrogen and oxygen atoms in total. The van der Waals surface area contributed by atoms with E-state index in [1.54, 1.807) is 38.1 Å². The first-order valence-electron chi connectivity index (χ1n) is 8.62. The zero-order chi connectivity index (χ0) is 20.1. The normalized spacial score (nSPS) is 16.2. The van der Waals surface area contributed by atoms with Crippen molar-refractivity contribution < 1.29 is 28.4 Å². The zero-order valence-corrected chi connectivity index (χ0v) is 15.4. The van der Waals surface area contributed by atoms with E-state index in [9.17, 15) is 14.4 Å². The molecule has 146 valence electrons. The molecule has 0 aliphatic carbocycles. The van der Waals surface area contributed by atoms with E-state index in [0.717, 1.165) is 0 Å². The van der Waals surface area contributed by atoms with Crippen molar-refractivity contribution in [2.75, 3.05) is 13.2 Å². The first kappa shape index (κ1) is 19.2. The quantitative estimate of drug-likeness (QED) is 0.730. The van der Waals surface area contributed by atoms with Crippen molar-refractivity contribution in [3.63, 3.8) is 0 Å². The Labute approximate surface area is 160 Å². The maximum atomic E-state index is 12.6. The Kier molecular flexibility index (Phi) is 5.73. The Hall–Kier alpha value is -3.62. The van der Waals surface area contributed by atoms with Crippen molar-refractivity contribution in [1.82, 2.24) is 15.8 Å². The average Bonchev–Trinajstić information content (AvgIpc) is 3.12. The van der Waals surface area contributed by atoms with E-state index in [4.69, 9.17) is 14.0 Å². The van der Waals surface area contributed by atoms with Gasteiger partial charge in [0.1, 0.15) is 6.61 Å². The first-order valence-corrected chi connectivity index (χ1v) is 8.62. The van der Waals surface area contributed by atoms with Crippen LogP contribution in [0, 0.1) is 6.92 Å². The molecule has 0 fully saturated rings. The highest BCUT2D eigenvalue weighted by Crippen LogP contribution is 2.28. The van der Waals surface area contributed by atoms with E-state index >= 15 is 0 Å². The van der Waals surface area contributed by atoms with E-state index in [-0.39, 0.29) is 30.2 Å². The molecule has 1 atom stereocenters. The number of hydrogen-bond acceptors (Lipinski definition) is 7. The van der Waals surface area contributed by atoms with Crippen molar-refractivity contribution in [3.05, 3.63) is 64.7 Å². The summed E-state index contributed by atoms with van der Waals surface area (Å²) in [5.41, 5.74) is 1.51. The molecule has 2 heterocycles. The maximum Gasteiger partial charge on any atom is 0.377 e. The van der Waals surface area contributed by atoms with Gasteiger partial charge in [-0.05, 0) is 19.4 Å². The number of esters is 2. The monoisotopic (exact) mass is 385 g/mol. The second kappa shape index (κ2) is 8.38. The number of carbonyl (C=O) groups excluding carboxylic acids is 3. The highest BCUT2D eigenvalue weighted by atomic mass is 16.6. The number of hydrogen-bond donors (Lipinski definition) is 2. The van der Waals surface area contributed by atoms with E-state index < -0.39 is 24.0 Å². The molecule has 1 aliphatic heterocycles. The zero-order valence-electron chi connectivity index (χ0n) is 15.4. The van der Waals surface area contributed by atoms with Crippen LogP contribution in [0.5, 0.6) is 0 Å². The third-order valence-corrected chi connectivity index (χ3v) is 4.06. The van der Waals surface area contributed by atoms with Crippen LogP contribution in [-0.4, -0.2) is 36.3 Å². The lowest BCUT2D eigenvalue weighted by Crippen LogP contribution is -2.47. The minimum absolute atomic E-state index is 0.0434. The van der Waals surface area contributed by atoms with Crippen molar-refractivity contribution in [1.29, 1.82) is 0 Å². The van der Waals surface area contributed by atoms with E-state index in [1.807, 2.05) is 6.07 Å². The van der Waals surface area contributed by atoms with Crippen LogP contribution in [-0.2, 0) is 14.3 Å². The van der Waals surface area contributed by atoms with Crippen LogP contribution in [0.3, 0.4) is 0 Å². The van der Waals surface area contributed by atoms with Gasteiger partial charge in [-0.1, -0.05) is 35.5 Å². The summed E-state index contributed by atoms with van der Waals surface area (Å²) in [7, 11) is 0. The molecule has 0 spiro atoms. The lowest BCUT2D eigenvalue weighted by Gasteiger charge is -2.29. The Morgan fingerprint density at radius 3 is 2.57 bits per heavy atom. The molecule has 28 heavy (non-hydrogen) atoms. The number of aryl methyl sites for hydroxylation is 1. The summed E-state index contributed by atoms with van der Waals surface area (Å²) in [6.07, 6.45) is 1.39. The molecule has 2 amide bonds. The van der Waals surface area contributed by atoms with Gasteiger partial charge >= 0.3 is 18.0 Å². The number of amides is 2. The topological polar surface area (TPSA) is 120 Å². The molecular weight excluding hydrogens is 366 g/mol. The molecule has 0 unspecified atom stereocenters. The van der Waals surface area contributed by atoms with Crippen LogP contribution in [0.1, 0.15) is 34.6 Å². The van der Waals surface area contributed by atoms with Crippen molar-refractivity contribution in [2.24, 2.45) is 0 Å². The molecule has 0 saturated heterocycles. The molecular formula is C19H19N3O6. The fraction of sp³-hybridized carbons (Fsp3) is 0.263. The number of aromatic nitrogens is 1. The number of ether oxygens (including phenoxy) is 2. The van der Waals surface area contributed by atoms with Crippen molar-refractivity contribution >= 4 is 18.0 Å². The summed E-state index contributed by atoms with van der Waals surface area (Å²) < 4.78 is 15.2. The van der Waals surface area contributed by atoms with Crippen molar-refractivity contribution in [3.8, 4) is 0 Å². The van der Waals surface area contributed by atoms with E-state index in [0.29, 0.717) is 11.1 Å². The van der Waals surface area contributed by atoms with Crippen LogP contribution in [0.15, 0.2) is 52.3 Å². The SMILES string of the molecule is CCOC(=O)C1=C(COC(=O)c2oncc2C)NC(=O)N[C@@H]1c1ccccc1. The van der Waals surface area contributed by atoms with Gasteiger partial charge in [0.05, 0.1) is 30.1 Å². The molecule has 3 rings (SSSR count). The van der Waals surface area contributed by atoms with E-state index in [1.165, 1.54) is 6.20 Å². The lowest BCUT2D eigenvalue weighted by molar-refractivity contribution is -0.139. The number of rotatable bonds is 6. The number of benzene rings is 1. The molecule has 2 N–H and O–H groups in total. The predicted molar refractivity (Wildman–Crippen MR) is 96.0 cm³/mol. The largest absolute Gasteiger partial charge is 0.463 e. The summed E-state index contributed by atoms with van der Waals surface area (Å²) in [6.45, 7) is 3.14. The predicted octanol–water partition coefficient (Wildman–Crippen LogP) is 2.01. The molecule has 2 aromatic rings. The molecule has 1 aliphatic rings. The third kappa shape index (κ3) is 4.03. The van der Waals surface area contributed by atoms with Crippen molar-refractivity contribution in [2.45, 2.75) is 19.9 Å². The fourth-order valence-corrected chi connectivity index (χ4v) is 2.77. The number of urea groups is 1. The summed E-state index contributed by atoms with van der Waals surface area (Å²) in [5, 5.41) is 8.75. The molecule has 1 aromatic carbocycles. The van der Waals surface area contributed by atoms with Crippen LogP contribution in [0.2, 0.25) is 0 Å². The second-order valence-electron chi connectivity index (χ2n) is 5.97. The second-order valence-corrected chi connectivity index (χ2v) is 5.97. The van der Waals surface area contributed by atoms with Crippen LogP contribution in [0.25, 0.3) is 0 Å². The van der Waals surface area contributed by atoms with Gasteiger partial charge < -0.3 is 24.6 Å². The molecule has 9 heteroatoms.